The molecule has 0 amide bonds. The number of nitrogens with two attached hydrogens (primary N) is 1. The van der Waals surface area contributed by atoms with Crippen LogP contribution in [-0.2, 0) is 6.42 Å². The Hall–Kier alpha value is -2.46. The summed E-state index contributed by atoms with van der Waals surface area (Å²) in [6.45, 7) is 0. The number of methoxy groups -OCH3 is 1. The van der Waals surface area contributed by atoms with Crippen molar-refractivity contribution < 1.29 is 4.74 Å². The van der Waals surface area contributed by atoms with Gasteiger partial charge < -0.3 is 10.5 Å². The van der Waals surface area contributed by atoms with Crippen LogP contribution in [0.1, 0.15) is 17.3 Å². The highest BCUT2D eigenvalue weighted by molar-refractivity contribution is 5.85. The number of aromatic nitrogens is 2. The molecule has 2 N–H and O–H groups in total. The number of ether oxygens (including phenoxy) is 1. The largest absolute Gasteiger partial charge is 0.480 e. The normalized spacial score (nSPS) is 12.3. The quantitative estimate of drug-likeness (QED) is 0.797. The van der Waals surface area contributed by atoms with E-state index in [0.29, 0.717) is 18.0 Å². The van der Waals surface area contributed by atoms with Gasteiger partial charge in [0.1, 0.15) is 5.69 Å². The molecular formula is C17H17N3O. The summed E-state index contributed by atoms with van der Waals surface area (Å²) >= 11 is 0. The molecule has 1 heterocycles. The number of nitrogens with zero attached hydrogens (tertiary/aromatic N) is 2. The van der Waals surface area contributed by atoms with E-state index in [-0.39, 0.29) is 6.04 Å². The van der Waals surface area contributed by atoms with Gasteiger partial charge in [-0.25, -0.2) is 4.98 Å². The summed E-state index contributed by atoms with van der Waals surface area (Å²) in [5, 5.41) is 2.44. The average molecular weight is 279 g/mol. The van der Waals surface area contributed by atoms with E-state index >= 15 is 0 Å². The Labute approximate surface area is 123 Å². The lowest BCUT2D eigenvalue weighted by atomic mass is 9.98. The van der Waals surface area contributed by atoms with Crippen molar-refractivity contribution in [1.29, 1.82) is 0 Å². The minimum absolute atomic E-state index is 0.251. The van der Waals surface area contributed by atoms with Gasteiger partial charge in [-0.1, -0.05) is 42.5 Å². The average Bonchev–Trinajstić information content (AvgIpc) is 2.55. The molecule has 1 atom stereocenters. The molecule has 0 aliphatic rings. The summed E-state index contributed by atoms with van der Waals surface area (Å²) in [4.78, 5) is 8.47. The predicted molar refractivity (Wildman–Crippen MR) is 83.2 cm³/mol. The second-order valence-corrected chi connectivity index (χ2v) is 4.90. The molecule has 2 aromatic carbocycles. The number of hydrogen-bond acceptors (Lipinski definition) is 4. The van der Waals surface area contributed by atoms with Crippen molar-refractivity contribution in [1.82, 2.24) is 9.97 Å². The summed E-state index contributed by atoms with van der Waals surface area (Å²) < 4.78 is 5.24. The number of hydrogen-bond donors (Lipinski definition) is 1. The van der Waals surface area contributed by atoms with E-state index in [9.17, 15) is 0 Å². The Bertz CT molecular complexity index is 752. The molecule has 106 valence electrons. The van der Waals surface area contributed by atoms with Crippen LogP contribution in [0.15, 0.2) is 54.9 Å². The van der Waals surface area contributed by atoms with Crippen LogP contribution in [-0.4, -0.2) is 17.1 Å². The van der Waals surface area contributed by atoms with Gasteiger partial charge in [-0.05, 0) is 22.8 Å². The Balaban J connectivity index is 1.95. The summed E-state index contributed by atoms with van der Waals surface area (Å²) in [6.07, 6.45) is 3.93. The molecule has 4 nitrogen and oxygen atoms in total. The van der Waals surface area contributed by atoms with Crippen LogP contribution < -0.4 is 10.5 Å². The maximum atomic E-state index is 6.31. The van der Waals surface area contributed by atoms with E-state index in [1.54, 1.807) is 19.5 Å². The molecule has 0 radical (unpaired) electrons. The molecule has 21 heavy (non-hydrogen) atoms. The van der Waals surface area contributed by atoms with Crippen LogP contribution >= 0.6 is 0 Å². The van der Waals surface area contributed by atoms with Crippen molar-refractivity contribution in [2.24, 2.45) is 5.73 Å². The standard InChI is InChI=1S/C17H17N3O/c1-21-17-16(19-9-10-20-17)15(18)11-13-7-4-6-12-5-2-3-8-14(12)13/h2-10,15H,11,18H2,1H3. The van der Waals surface area contributed by atoms with E-state index in [1.165, 1.54) is 16.3 Å². The van der Waals surface area contributed by atoms with E-state index in [1.807, 2.05) is 12.1 Å². The van der Waals surface area contributed by atoms with Gasteiger partial charge in [-0.3, -0.25) is 4.98 Å². The van der Waals surface area contributed by atoms with Gasteiger partial charge in [-0.15, -0.1) is 0 Å². The Kier molecular flexibility index (Phi) is 3.79. The van der Waals surface area contributed by atoms with Crippen molar-refractivity contribution in [3.05, 3.63) is 66.1 Å². The first-order chi connectivity index (χ1) is 10.3. The molecule has 0 saturated carbocycles. The third kappa shape index (κ3) is 2.71. The molecule has 4 heteroatoms. The molecular weight excluding hydrogens is 262 g/mol. The third-order valence-corrected chi connectivity index (χ3v) is 3.56. The van der Waals surface area contributed by atoms with Gasteiger partial charge in [0, 0.05) is 12.4 Å². The Morgan fingerprint density at radius 3 is 2.67 bits per heavy atom. The smallest absolute Gasteiger partial charge is 0.236 e. The van der Waals surface area contributed by atoms with E-state index < -0.39 is 0 Å². The van der Waals surface area contributed by atoms with E-state index in [2.05, 4.69) is 40.3 Å². The van der Waals surface area contributed by atoms with Gasteiger partial charge in [-0.2, -0.15) is 0 Å². The lowest BCUT2D eigenvalue weighted by Gasteiger charge is -2.14. The van der Waals surface area contributed by atoms with Crippen LogP contribution in [0.2, 0.25) is 0 Å². The van der Waals surface area contributed by atoms with Crippen LogP contribution in [0.3, 0.4) is 0 Å². The first-order valence-electron chi connectivity index (χ1n) is 6.86. The zero-order valence-electron chi connectivity index (χ0n) is 11.9. The van der Waals surface area contributed by atoms with Crippen LogP contribution in [0, 0.1) is 0 Å². The zero-order valence-corrected chi connectivity index (χ0v) is 11.9. The fourth-order valence-electron chi connectivity index (χ4n) is 2.55. The zero-order chi connectivity index (χ0) is 14.7. The molecule has 1 unspecified atom stereocenters. The molecule has 0 saturated heterocycles. The minimum Gasteiger partial charge on any atom is -0.480 e. The van der Waals surface area contributed by atoms with Crippen molar-refractivity contribution in [2.75, 3.05) is 7.11 Å². The van der Waals surface area contributed by atoms with Crippen molar-refractivity contribution >= 4 is 10.8 Å². The third-order valence-electron chi connectivity index (χ3n) is 3.56. The van der Waals surface area contributed by atoms with Gasteiger partial charge in [0.2, 0.25) is 5.88 Å². The second kappa shape index (κ2) is 5.89. The molecule has 0 bridgehead atoms. The fraction of sp³-hybridized carbons (Fsp3) is 0.176. The minimum atomic E-state index is -0.251. The lowest BCUT2D eigenvalue weighted by Crippen LogP contribution is -2.16. The molecule has 0 aliphatic carbocycles. The van der Waals surface area contributed by atoms with Gasteiger partial charge in [0.05, 0.1) is 13.2 Å². The highest BCUT2D eigenvalue weighted by atomic mass is 16.5. The van der Waals surface area contributed by atoms with Crippen LogP contribution in [0.5, 0.6) is 5.88 Å². The first-order valence-corrected chi connectivity index (χ1v) is 6.86. The summed E-state index contributed by atoms with van der Waals surface area (Å²) in [5.74, 6) is 0.491. The molecule has 0 aliphatic heterocycles. The Morgan fingerprint density at radius 1 is 1.05 bits per heavy atom. The molecule has 3 rings (SSSR count). The lowest BCUT2D eigenvalue weighted by molar-refractivity contribution is 0.384. The summed E-state index contributed by atoms with van der Waals surface area (Å²) in [5.41, 5.74) is 8.20. The Morgan fingerprint density at radius 2 is 1.81 bits per heavy atom. The van der Waals surface area contributed by atoms with E-state index in [0.717, 1.165) is 0 Å². The van der Waals surface area contributed by atoms with Crippen molar-refractivity contribution in [3.8, 4) is 5.88 Å². The topological polar surface area (TPSA) is 61.0 Å². The first kappa shape index (κ1) is 13.5. The molecule has 3 aromatic rings. The second-order valence-electron chi connectivity index (χ2n) is 4.90. The number of benzene rings is 2. The van der Waals surface area contributed by atoms with Crippen LogP contribution in [0.25, 0.3) is 10.8 Å². The number of fused-ring (bicyclic) bond motifs is 1. The summed E-state index contributed by atoms with van der Waals surface area (Å²) in [6, 6.07) is 14.3. The van der Waals surface area contributed by atoms with Crippen LogP contribution in [0.4, 0.5) is 0 Å². The van der Waals surface area contributed by atoms with Gasteiger partial charge in [0.25, 0.3) is 0 Å². The van der Waals surface area contributed by atoms with E-state index in [4.69, 9.17) is 10.5 Å². The number of rotatable bonds is 4. The molecule has 0 spiro atoms. The fourth-order valence-corrected chi connectivity index (χ4v) is 2.55. The highest BCUT2D eigenvalue weighted by Gasteiger charge is 2.16. The van der Waals surface area contributed by atoms with Gasteiger partial charge in [0.15, 0.2) is 0 Å². The maximum absolute atomic E-state index is 6.31. The van der Waals surface area contributed by atoms with Crippen molar-refractivity contribution in [2.45, 2.75) is 12.5 Å². The van der Waals surface area contributed by atoms with Crippen molar-refractivity contribution in [3.63, 3.8) is 0 Å². The summed E-state index contributed by atoms with van der Waals surface area (Å²) in [7, 11) is 1.58. The monoisotopic (exact) mass is 279 g/mol. The molecule has 0 fully saturated rings. The molecule has 1 aromatic heterocycles. The maximum Gasteiger partial charge on any atom is 0.236 e. The van der Waals surface area contributed by atoms with Gasteiger partial charge >= 0.3 is 0 Å². The predicted octanol–water partition coefficient (Wildman–Crippen LogP) is 2.88. The highest BCUT2D eigenvalue weighted by Crippen LogP contribution is 2.25. The SMILES string of the molecule is COc1nccnc1C(N)Cc1cccc2ccccc12.